The molecule has 2 saturated heterocycles. The highest BCUT2D eigenvalue weighted by Gasteiger charge is 2.31. The van der Waals surface area contributed by atoms with Crippen molar-refractivity contribution in [3.8, 4) is 0 Å². The minimum Gasteiger partial charge on any atom is -0.376 e. The summed E-state index contributed by atoms with van der Waals surface area (Å²) in [5.74, 6) is 2.00. The van der Waals surface area contributed by atoms with Crippen molar-refractivity contribution in [3.63, 3.8) is 0 Å². The molecule has 0 saturated carbocycles. The molecule has 0 aliphatic carbocycles. The van der Waals surface area contributed by atoms with Crippen molar-refractivity contribution in [1.82, 2.24) is 4.90 Å². The Labute approximate surface area is 87.9 Å². The number of rotatable bonds is 2. The monoisotopic (exact) mass is 217 g/mol. The summed E-state index contributed by atoms with van der Waals surface area (Å²) in [5, 5.41) is 0. The van der Waals surface area contributed by atoms with E-state index >= 15 is 0 Å². The van der Waals surface area contributed by atoms with Crippen LogP contribution < -0.4 is 0 Å². The molecular formula is C9H15NO3S. The Morgan fingerprint density at radius 1 is 1.43 bits per heavy atom. The van der Waals surface area contributed by atoms with E-state index < -0.39 is 0 Å². The maximum absolute atomic E-state index is 10.8. The molecule has 4 nitrogen and oxygen atoms in total. The molecule has 0 N–H and O–H groups in total. The topological polar surface area (TPSA) is 38.8 Å². The molecule has 2 unspecified atom stereocenters. The fourth-order valence-electron chi connectivity index (χ4n) is 1.82. The van der Waals surface area contributed by atoms with Gasteiger partial charge in [0.15, 0.2) is 0 Å². The quantitative estimate of drug-likeness (QED) is 0.609. The summed E-state index contributed by atoms with van der Waals surface area (Å²) < 4.78 is 11.0. The lowest BCUT2D eigenvalue weighted by Gasteiger charge is -2.38. The minimum absolute atomic E-state index is 0.0711. The van der Waals surface area contributed by atoms with E-state index in [0.717, 1.165) is 24.5 Å². The number of hydrogen-bond acceptors (Lipinski definition) is 4. The van der Waals surface area contributed by atoms with Crippen LogP contribution in [-0.2, 0) is 14.3 Å². The van der Waals surface area contributed by atoms with Crippen LogP contribution in [0.1, 0.15) is 0 Å². The van der Waals surface area contributed by atoms with Gasteiger partial charge in [0.25, 0.3) is 0 Å². The second-order valence-electron chi connectivity index (χ2n) is 3.47. The molecule has 2 heterocycles. The molecule has 2 aliphatic heterocycles. The lowest BCUT2D eigenvalue weighted by atomic mass is 10.1. The normalized spacial score (nSPS) is 34.1. The summed E-state index contributed by atoms with van der Waals surface area (Å²) in [6.07, 6.45) is 1.00. The third-order valence-corrected chi connectivity index (χ3v) is 3.66. The van der Waals surface area contributed by atoms with E-state index in [1.54, 1.807) is 0 Å². The number of carbonyl (C=O) groups excluding carboxylic acids is 1. The molecular weight excluding hydrogens is 202 g/mol. The number of hydrogen-bond donors (Lipinski definition) is 0. The molecule has 80 valence electrons. The SMILES string of the molecule is O=CN1CCSCC1C1COCCO1. The first-order valence-corrected chi connectivity index (χ1v) is 6.05. The fraction of sp³-hybridized carbons (Fsp3) is 0.889. The van der Waals surface area contributed by atoms with Gasteiger partial charge in [0.05, 0.1) is 25.9 Å². The Morgan fingerprint density at radius 2 is 2.36 bits per heavy atom. The van der Waals surface area contributed by atoms with E-state index in [9.17, 15) is 4.79 Å². The third-order valence-electron chi connectivity index (χ3n) is 2.61. The molecule has 2 aliphatic rings. The first-order chi connectivity index (χ1) is 6.92. The average molecular weight is 217 g/mol. The van der Waals surface area contributed by atoms with E-state index in [0.29, 0.717) is 19.8 Å². The van der Waals surface area contributed by atoms with Crippen molar-refractivity contribution >= 4 is 18.2 Å². The van der Waals surface area contributed by atoms with Gasteiger partial charge in [-0.2, -0.15) is 11.8 Å². The van der Waals surface area contributed by atoms with Gasteiger partial charge in [-0.05, 0) is 0 Å². The molecule has 0 aromatic carbocycles. The highest BCUT2D eigenvalue weighted by atomic mass is 32.2. The predicted octanol–water partition coefficient (Wildman–Crippen LogP) is -0.0244. The largest absolute Gasteiger partial charge is 0.376 e. The summed E-state index contributed by atoms with van der Waals surface area (Å²) in [4.78, 5) is 12.7. The molecule has 0 spiro atoms. The van der Waals surface area contributed by atoms with Crippen LogP contribution in [0.15, 0.2) is 0 Å². The Bertz CT molecular complexity index is 196. The van der Waals surface area contributed by atoms with E-state index in [1.165, 1.54) is 0 Å². The van der Waals surface area contributed by atoms with Crippen LogP contribution >= 0.6 is 11.8 Å². The van der Waals surface area contributed by atoms with E-state index in [4.69, 9.17) is 9.47 Å². The fourth-order valence-corrected chi connectivity index (χ4v) is 2.97. The highest BCUT2D eigenvalue weighted by Crippen LogP contribution is 2.20. The first-order valence-electron chi connectivity index (χ1n) is 4.90. The smallest absolute Gasteiger partial charge is 0.210 e. The summed E-state index contributed by atoms with van der Waals surface area (Å²) in [6, 6.07) is 0.201. The zero-order chi connectivity index (χ0) is 9.80. The summed E-state index contributed by atoms with van der Waals surface area (Å²) in [7, 11) is 0. The number of thioether (sulfide) groups is 1. The molecule has 14 heavy (non-hydrogen) atoms. The van der Waals surface area contributed by atoms with Crippen molar-refractivity contribution in [2.75, 3.05) is 37.9 Å². The molecule has 0 aromatic heterocycles. The molecule has 0 radical (unpaired) electrons. The van der Waals surface area contributed by atoms with Gasteiger partial charge in [-0.15, -0.1) is 0 Å². The van der Waals surface area contributed by atoms with Gasteiger partial charge >= 0.3 is 0 Å². The van der Waals surface area contributed by atoms with Crippen molar-refractivity contribution in [2.24, 2.45) is 0 Å². The van der Waals surface area contributed by atoms with Crippen molar-refractivity contribution in [1.29, 1.82) is 0 Å². The summed E-state index contributed by atoms with van der Waals surface area (Å²) >= 11 is 1.88. The van der Waals surface area contributed by atoms with E-state index in [2.05, 4.69) is 0 Å². The van der Waals surface area contributed by atoms with Crippen molar-refractivity contribution in [2.45, 2.75) is 12.1 Å². The van der Waals surface area contributed by atoms with Gasteiger partial charge in [-0.1, -0.05) is 0 Å². The Balaban J connectivity index is 1.94. The van der Waals surface area contributed by atoms with Crippen LogP contribution in [0.2, 0.25) is 0 Å². The maximum atomic E-state index is 10.8. The van der Waals surface area contributed by atoms with Gasteiger partial charge in [-0.25, -0.2) is 0 Å². The molecule has 0 aromatic rings. The van der Waals surface area contributed by atoms with Crippen molar-refractivity contribution < 1.29 is 14.3 Å². The molecule has 2 rings (SSSR count). The van der Waals surface area contributed by atoms with Gasteiger partial charge in [0.1, 0.15) is 6.10 Å². The predicted molar refractivity (Wildman–Crippen MR) is 54.4 cm³/mol. The average Bonchev–Trinajstić information content (AvgIpc) is 2.30. The lowest BCUT2D eigenvalue weighted by molar-refractivity contribution is -0.134. The Kier molecular flexibility index (Phi) is 3.67. The number of nitrogens with zero attached hydrogens (tertiary/aromatic N) is 1. The van der Waals surface area contributed by atoms with Crippen LogP contribution in [0, 0.1) is 0 Å². The number of ether oxygens (including phenoxy) is 2. The number of amides is 1. The maximum Gasteiger partial charge on any atom is 0.210 e. The molecule has 2 atom stereocenters. The Morgan fingerprint density at radius 3 is 3.07 bits per heavy atom. The third kappa shape index (κ3) is 2.21. The second-order valence-corrected chi connectivity index (χ2v) is 4.62. The first kappa shape index (κ1) is 10.3. The lowest BCUT2D eigenvalue weighted by Crippen LogP contribution is -2.52. The van der Waals surface area contributed by atoms with Crippen LogP contribution in [0.25, 0.3) is 0 Å². The second kappa shape index (κ2) is 5.00. The zero-order valence-corrected chi connectivity index (χ0v) is 8.87. The number of carbonyl (C=O) groups is 1. The molecule has 0 bridgehead atoms. The van der Waals surface area contributed by atoms with E-state index in [1.807, 2.05) is 16.7 Å². The molecule has 5 heteroatoms. The van der Waals surface area contributed by atoms with Gasteiger partial charge in [0.2, 0.25) is 6.41 Å². The summed E-state index contributed by atoms with van der Waals surface area (Å²) in [6.45, 7) is 2.78. The van der Waals surface area contributed by atoms with E-state index in [-0.39, 0.29) is 12.1 Å². The van der Waals surface area contributed by atoms with Gasteiger partial charge in [0, 0.05) is 18.1 Å². The standard InChI is InChI=1S/C9H15NO3S/c11-7-10-1-4-14-6-8(10)9-5-12-2-3-13-9/h7-9H,1-6H2. The van der Waals surface area contributed by atoms with Crippen LogP contribution in [0.4, 0.5) is 0 Å². The molecule has 2 fully saturated rings. The summed E-state index contributed by atoms with van der Waals surface area (Å²) in [5.41, 5.74) is 0. The van der Waals surface area contributed by atoms with Gasteiger partial charge < -0.3 is 14.4 Å². The highest BCUT2D eigenvalue weighted by molar-refractivity contribution is 7.99. The van der Waals surface area contributed by atoms with Crippen LogP contribution in [0.3, 0.4) is 0 Å². The van der Waals surface area contributed by atoms with Crippen LogP contribution in [-0.4, -0.2) is 61.3 Å². The van der Waals surface area contributed by atoms with Gasteiger partial charge in [-0.3, -0.25) is 4.79 Å². The van der Waals surface area contributed by atoms with Crippen LogP contribution in [0.5, 0.6) is 0 Å². The Hall–Kier alpha value is -0.260. The minimum atomic E-state index is 0.0711. The zero-order valence-electron chi connectivity index (χ0n) is 8.05. The molecule has 1 amide bonds. The van der Waals surface area contributed by atoms with Crippen molar-refractivity contribution in [3.05, 3.63) is 0 Å².